The van der Waals surface area contributed by atoms with Crippen LogP contribution in [0.1, 0.15) is 33.6 Å². The van der Waals surface area contributed by atoms with Crippen molar-refractivity contribution in [2.75, 3.05) is 29.9 Å². The van der Waals surface area contributed by atoms with Crippen LogP contribution in [-0.4, -0.2) is 25.7 Å². The van der Waals surface area contributed by atoms with Crippen molar-refractivity contribution in [2.45, 2.75) is 33.6 Å². The van der Waals surface area contributed by atoms with E-state index in [4.69, 9.17) is 0 Å². The maximum absolute atomic E-state index is 11.9. The van der Waals surface area contributed by atoms with Crippen molar-refractivity contribution >= 4 is 17.4 Å². The highest BCUT2D eigenvalue weighted by Gasteiger charge is 2.14. The van der Waals surface area contributed by atoms with E-state index in [-0.39, 0.29) is 11.4 Å². The zero-order valence-corrected chi connectivity index (χ0v) is 12.7. The van der Waals surface area contributed by atoms with Crippen molar-refractivity contribution in [1.29, 1.82) is 0 Å². The summed E-state index contributed by atoms with van der Waals surface area (Å²) in [5, 5.41) is 5.80. The average Bonchev–Trinajstić information content (AvgIpc) is 2.90. The van der Waals surface area contributed by atoms with Crippen LogP contribution in [0, 0.1) is 5.41 Å². The second-order valence-electron chi connectivity index (χ2n) is 6.61. The van der Waals surface area contributed by atoms with E-state index in [2.05, 4.69) is 42.4 Å². The molecule has 4 heteroatoms. The van der Waals surface area contributed by atoms with Crippen LogP contribution in [0.3, 0.4) is 0 Å². The Hall–Kier alpha value is -1.71. The van der Waals surface area contributed by atoms with Gasteiger partial charge in [0.1, 0.15) is 0 Å². The van der Waals surface area contributed by atoms with Gasteiger partial charge in [-0.1, -0.05) is 26.8 Å². The summed E-state index contributed by atoms with van der Waals surface area (Å²) in [7, 11) is 0. The summed E-state index contributed by atoms with van der Waals surface area (Å²) in [4.78, 5) is 14.2. The van der Waals surface area contributed by atoms with Gasteiger partial charge < -0.3 is 15.5 Å². The number of urea groups is 1. The van der Waals surface area contributed by atoms with Gasteiger partial charge in [0.15, 0.2) is 0 Å². The maximum atomic E-state index is 11.9. The molecule has 0 radical (unpaired) electrons. The minimum Gasteiger partial charge on any atom is -0.371 e. The summed E-state index contributed by atoms with van der Waals surface area (Å²) in [5.74, 6) is 0. The molecule has 2 amide bonds. The number of carbonyl (C=O) groups is 1. The third kappa shape index (κ3) is 4.44. The molecule has 4 nitrogen and oxygen atoms in total. The highest BCUT2D eigenvalue weighted by atomic mass is 16.2. The van der Waals surface area contributed by atoms with Crippen LogP contribution in [-0.2, 0) is 0 Å². The van der Waals surface area contributed by atoms with Crippen molar-refractivity contribution in [3.05, 3.63) is 24.3 Å². The quantitative estimate of drug-likeness (QED) is 0.887. The molecule has 0 aromatic heterocycles. The SMILES string of the molecule is CC(C)(C)CNC(=O)Nc1cccc(N2CCCC2)c1. The van der Waals surface area contributed by atoms with Crippen molar-refractivity contribution in [3.8, 4) is 0 Å². The largest absolute Gasteiger partial charge is 0.371 e. The molecule has 110 valence electrons. The van der Waals surface area contributed by atoms with Crippen molar-refractivity contribution < 1.29 is 4.79 Å². The molecule has 0 atom stereocenters. The summed E-state index contributed by atoms with van der Waals surface area (Å²) in [6.45, 7) is 9.17. The van der Waals surface area contributed by atoms with Crippen LogP contribution in [0.5, 0.6) is 0 Å². The van der Waals surface area contributed by atoms with E-state index in [0.717, 1.165) is 18.8 Å². The molecule has 1 aromatic carbocycles. The average molecular weight is 275 g/mol. The van der Waals surface area contributed by atoms with Gasteiger partial charge in [0.2, 0.25) is 0 Å². The fourth-order valence-corrected chi connectivity index (χ4v) is 2.28. The molecule has 0 saturated carbocycles. The second kappa shape index (κ2) is 6.16. The normalized spacial score (nSPS) is 15.2. The molecule has 1 fully saturated rings. The lowest BCUT2D eigenvalue weighted by atomic mass is 9.97. The van der Waals surface area contributed by atoms with E-state index in [1.165, 1.54) is 18.5 Å². The van der Waals surface area contributed by atoms with Crippen LogP contribution < -0.4 is 15.5 Å². The van der Waals surface area contributed by atoms with E-state index in [1.807, 2.05) is 18.2 Å². The van der Waals surface area contributed by atoms with Gasteiger partial charge in [-0.05, 0) is 36.5 Å². The zero-order chi connectivity index (χ0) is 14.6. The molecule has 2 rings (SSSR count). The van der Waals surface area contributed by atoms with E-state index in [1.54, 1.807) is 0 Å². The molecule has 1 aliphatic rings. The Morgan fingerprint density at radius 3 is 2.60 bits per heavy atom. The minimum atomic E-state index is -0.140. The number of rotatable bonds is 3. The Balaban J connectivity index is 1.92. The van der Waals surface area contributed by atoms with Gasteiger partial charge in [-0.2, -0.15) is 0 Å². The molecular weight excluding hydrogens is 250 g/mol. The maximum Gasteiger partial charge on any atom is 0.319 e. The Morgan fingerprint density at radius 2 is 1.95 bits per heavy atom. The van der Waals surface area contributed by atoms with Crippen LogP contribution in [0.25, 0.3) is 0 Å². The summed E-state index contributed by atoms with van der Waals surface area (Å²) in [6.07, 6.45) is 2.51. The number of hydrogen-bond donors (Lipinski definition) is 2. The molecule has 0 spiro atoms. The fraction of sp³-hybridized carbons (Fsp3) is 0.562. The summed E-state index contributed by atoms with van der Waals surface area (Å²) < 4.78 is 0. The van der Waals surface area contributed by atoms with Gasteiger partial charge in [-0.3, -0.25) is 0 Å². The first-order chi connectivity index (χ1) is 9.44. The number of hydrogen-bond acceptors (Lipinski definition) is 2. The van der Waals surface area contributed by atoms with Crippen molar-refractivity contribution in [1.82, 2.24) is 5.32 Å². The van der Waals surface area contributed by atoms with Crippen LogP contribution >= 0.6 is 0 Å². The van der Waals surface area contributed by atoms with Gasteiger partial charge in [0.25, 0.3) is 0 Å². The lowest BCUT2D eigenvalue weighted by molar-refractivity contribution is 0.247. The fourth-order valence-electron chi connectivity index (χ4n) is 2.28. The van der Waals surface area contributed by atoms with E-state index in [9.17, 15) is 4.79 Å². The molecule has 1 aromatic rings. The highest BCUT2D eigenvalue weighted by Crippen LogP contribution is 2.23. The van der Waals surface area contributed by atoms with Gasteiger partial charge in [0, 0.05) is 31.0 Å². The second-order valence-corrected chi connectivity index (χ2v) is 6.61. The third-order valence-corrected chi connectivity index (χ3v) is 3.35. The smallest absolute Gasteiger partial charge is 0.319 e. The Morgan fingerprint density at radius 1 is 1.25 bits per heavy atom. The lowest BCUT2D eigenvalue weighted by Crippen LogP contribution is -2.35. The van der Waals surface area contributed by atoms with Crippen LogP contribution in [0.2, 0.25) is 0 Å². The first-order valence-corrected chi connectivity index (χ1v) is 7.34. The van der Waals surface area contributed by atoms with Gasteiger partial charge in [-0.25, -0.2) is 4.79 Å². The lowest BCUT2D eigenvalue weighted by Gasteiger charge is -2.20. The molecule has 1 saturated heterocycles. The van der Waals surface area contributed by atoms with E-state index in [0.29, 0.717) is 6.54 Å². The number of anilines is 2. The Labute approximate surface area is 121 Å². The van der Waals surface area contributed by atoms with E-state index >= 15 is 0 Å². The van der Waals surface area contributed by atoms with Gasteiger partial charge in [-0.15, -0.1) is 0 Å². The number of nitrogens with one attached hydrogen (secondary N) is 2. The monoisotopic (exact) mass is 275 g/mol. The molecule has 0 unspecified atom stereocenters. The standard InChI is InChI=1S/C16H25N3O/c1-16(2,3)12-17-15(20)18-13-7-6-8-14(11-13)19-9-4-5-10-19/h6-8,11H,4-5,9-10,12H2,1-3H3,(H2,17,18,20). The number of nitrogens with zero attached hydrogens (tertiary/aromatic N) is 1. The summed E-state index contributed by atoms with van der Waals surface area (Å²) >= 11 is 0. The first kappa shape index (κ1) is 14.7. The number of amides is 2. The summed E-state index contributed by atoms with van der Waals surface area (Å²) in [5.41, 5.74) is 2.13. The highest BCUT2D eigenvalue weighted by molar-refractivity contribution is 5.89. The number of benzene rings is 1. The zero-order valence-electron chi connectivity index (χ0n) is 12.7. The first-order valence-electron chi connectivity index (χ1n) is 7.34. The molecular formula is C16H25N3O. The number of carbonyl (C=O) groups excluding carboxylic acids is 1. The Kier molecular flexibility index (Phi) is 4.53. The minimum absolute atomic E-state index is 0.0920. The molecule has 0 aliphatic carbocycles. The van der Waals surface area contributed by atoms with Crippen molar-refractivity contribution in [3.63, 3.8) is 0 Å². The van der Waals surface area contributed by atoms with Crippen LogP contribution in [0.4, 0.5) is 16.2 Å². The van der Waals surface area contributed by atoms with E-state index < -0.39 is 0 Å². The van der Waals surface area contributed by atoms with Gasteiger partial charge >= 0.3 is 6.03 Å². The third-order valence-electron chi connectivity index (χ3n) is 3.35. The molecule has 0 bridgehead atoms. The van der Waals surface area contributed by atoms with Crippen LogP contribution in [0.15, 0.2) is 24.3 Å². The molecule has 2 N–H and O–H groups in total. The van der Waals surface area contributed by atoms with Gasteiger partial charge in [0.05, 0.1) is 0 Å². The molecule has 20 heavy (non-hydrogen) atoms. The molecule has 1 aliphatic heterocycles. The predicted molar refractivity (Wildman–Crippen MR) is 84.4 cm³/mol. The predicted octanol–water partition coefficient (Wildman–Crippen LogP) is 3.45. The molecule has 1 heterocycles. The Bertz CT molecular complexity index is 459. The summed E-state index contributed by atoms with van der Waals surface area (Å²) in [6, 6.07) is 7.92. The topological polar surface area (TPSA) is 44.4 Å². The van der Waals surface area contributed by atoms with Crippen molar-refractivity contribution in [2.24, 2.45) is 5.41 Å².